The number of hydrogen-bond donors (Lipinski definition) is 1. The SMILES string of the molecule is CCC(COC)NC(=O)c1cc(S(=O)(=O)Cl)c(Br)o1. The fraction of sp³-hybridized carbons (Fsp3) is 0.500. The molecule has 1 unspecified atom stereocenters. The molecule has 19 heavy (non-hydrogen) atoms. The maximum absolute atomic E-state index is 11.9. The molecule has 0 fully saturated rings. The van der Waals surface area contributed by atoms with Crippen LogP contribution in [0.2, 0.25) is 0 Å². The van der Waals surface area contributed by atoms with Gasteiger partial charge in [-0.3, -0.25) is 4.79 Å². The summed E-state index contributed by atoms with van der Waals surface area (Å²) >= 11 is 2.90. The Labute approximate surface area is 124 Å². The van der Waals surface area contributed by atoms with Gasteiger partial charge in [-0.05, 0) is 22.4 Å². The van der Waals surface area contributed by atoms with Gasteiger partial charge in [0.1, 0.15) is 4.90 Å². The van der Waals surface area contributed by atoms with Crippen LogP contribution in [-0.2, 0) is 13.8 Å². The van der Waals surface area contributed by atoms with E-state index in [4.69, 9.17) is 19.8 Å². The summed E-state index contributed by atoms with van der Waals surface area (Å²) in [6.07, 6.45) is 0.669. The van der Waals surface area contributed by atoms with Crippen molar-refractivity contribution < 1.29 is 22.4 Å². The summed E-state index contributed by atoms with van der Waals surface area (Å²) < 4.78 is 32.3. The van der Waals surface area contributed by atoms with Crippen LogP contribution in [0, 0.1) is 0 Å². The van der Waals surface area contributed by atoms with E-state index >= 15 is 0 Å². The molecule has 0 aliphatic heterocycles. The van der Waals surface area contributed by atoms with Crippen molar-refractivity contribution in [1.82, 2.24) is 5.32 Å². The third-order valence-corrected chi connectivity index (χ3v) is 4.52. The van der Waals surface area contributed by atoms with Crippen LogP contribution in [0.15, 0.2) is 20.0 Å². The number of amides is 1. The number of ether oxygens (including phenoxy) is 1. The number of rotatable bonds is 6. The summed E-state index contributed by atoms with van der Waals surface area (Å²) in [6, 6.07) is 0.888. The lowest BCUT2D eigenvalue weighted by Gasteiger charge is -2.14. The lowest BCUT2D eigenvalue weighted by molar-refractivity contribution is 0.0866. The number of furan rings is 1. The van der Waals surface area contributed by atoms with Crippen molar-refractivity contribution in [3.63, 3.8) is 0 Å². The molecule has 0 saturated heterocycles. The number of methoxy groups -OCH3 is 1. The Hall–Kier alpha value is -0.570. The molecule has 6 nitrogen and oxygen atoms in total. The Morgan fingerprint density at radius 1 is 1.63 bits per heavy atom. The van der Waals surface area contributed by atoms with Crippen LogP contribution in [-0.4, -0.2) is 34.1 Å². The molecule has 1 rings (SSSR count). The molecule has 1 amide bonds. The van der Waals surface area contributed by atoms with Gasteiger partial charge in [-0.1, -0.05) is 6.92 Å². The maximum Gasteiger partial charge on any atom is 0.287 e. The molecule has 1 aromatic heterocycles. The molecule has 0 radical (unpaired) electrons. The Morgan fingerprint density at radius 3 is 2.68 bits per heavy atom. The minimum Gasteiger partial charge on any atom is -0.443 e. The highest BCUT2D eigenvalue weighted by molar-refractivity contribution is 9.10. The molecule has 108 valence electrons. The predicted octanol–water partition coefficient (Wildman–Crippen LogP) is 2.12. The zero-order valence-corrected chi connectivity index (χ0v) is 13.4. The van der Waals surface area contributed by atoms with Crippen LogP contribution in [0.4, 0.5) is 0 Å². The number of hydrogen-bond acceptors (Lipinski definition) is 5. The first-order valence-electron chi connectivity index (χ1n) is 5.33. The largest absolute Gasteiger partial charge is 0.443 e. The minimum atomic E-state index is -3.96. The summed E-state index contributed by atoms with van der Waals surface area (Å²) in [5.41, 5.74) is 0. The fourth-order valence-electron chi connectivity index (χ4n) is 1.35. The van der Waals surface area contributed by atoms with Crippen LogP contribution in [0.1, 0.15) is 23.9 Å². The summed E-state index contributed by atoms with van der Waals surface area (Å²) in [5.74, 6) is -0.670. The van der Waals surface area contributed by atoms with Gasteiger partial charge >= 0.3 is 0 Å². The molecule has 1 atom stereocenters. The van der Waals surface area contributed by atoms with E-state index in [9.17, 15) is 13.2 Å². The monoisotopic (exact) mass is 373 g/mol. The molecule has 1 aromatic rings. The predicted molar refractivity (Wildman–Crippen MR) is 72.9 cm³/mol. The highest BCUT2D eigenvalue weighted by atomic mass is 79.9. The second kappa shape index (κ2) is 6.74. The van der Waals surface area contributed by atoms with Crippen molar-refractivity contribution in [3.05, 3.63) is 16.5 Å². The van der Waals surface area contributed by atoms with Gasteiger partial charge in [-0.25, -0.2) is 8.42 Å². The highest BCUT2D eigenvalue weighted by Gasteiger charge is 2.24. The van der Waals surface area contributed by atoms with E-state index in [-0.39, 0.29) is 21.4 Å². The van der Waals surface area contributed by atoms with Gasteiger partial charge in [0.2, 0.25) is 0 Å². The quantitative estimate of drug-likeness (QED) is 0.771. The van der Waals surface area contributed by atoms with Crippen molar-refractivity contribution >= 4 is 41.6 Å². The van der Waals surface area contributed by atoms with Gasteiger partial charge in [0.15, 0.2) is 10.4 Å². The molecule has 0 aromatic carbocycles. The van der Waals surface area contributed by atoms with Crippen molar-refractivity contribution in [3.8, 4) is 0 Å². The molecular formula is C10H13BrClNO5S. The maximum atomic E-state index is 11.9. The van der Waals surface area contributed by atoms with Gasteiger partial charge < -0.3 is 14.5 Å². The third-order valence-electron chi connectivity index (χ3n) is 2.34. The van der Waals surface area contributed by atoms with Crippen LogP contribution in [0.5, 0.6) is 0 Å². The van der Waals surface area contributed by atoms with E-state index in [1.54, 1.807) is 0 Å². The normalized spacial score (nSPS) is 13.3. The van der Waals surface area contributed by atoms with E-state index in [0.29, 0.717) is 13.0 Å². The molecular weight excluding hydrogens is 362 g/mol. The van der Waals surface area contributed by atoms with Crippen LogP contribution in [0.25, 0.3) is 0 Å². The Bertz CT molecular complexity index is 556. The van der Waals surface area contributed by atoms with Gasteiger partial charge in [0.25, 0.3) is 15.0 Å². The lowest BCUT2D eigenvalue weighted by Crippen LogP contribution is -2.37. The number of carbonyl (C=O) groups is 1. The molecule has 1 heterocycles. The van der Waals surface area contributed by atoms with Gasteiger partial charge in [0.05, 0.1) is 12.6 Å². The smallest absolute Gasteiger partial charge is 0.287 e. The average Bonchev–Trinajstić information content (AvgIpc) is 2.70. The van der Waals surface area contributed by atoms with Gasteiger partial charge in [-0.15, -0.1) is 0 Å². The first kappa shape index (κ1) is 16.5. The first-order chi connectivity index (χ1) is 8.79. The third kappa shape index (κ3) is 4.48. The summed E-state index contributed by atoms with van der Waals surface area (Å²) in [7, 11) is 2.76. The molecule has 0 saturated carbocycles. The van der Waals surface area contributed by atoms with Crippen LogP contribution >= 0.6 is 26.6 Å². The Kier molecular flexibility index (Phi) is 5.84. The first-order valence-corrected chi connectivity index (χ1v) is 8.43. The average molecular weight is 375 g/mol. The van der Waals surface area contributed by atoms with E-state index in [2.05, 4.69) is 21.2 Å². The van der Waals surface area contributed by atoms with E-state index in [1.165, 1.54) is 7.11 Å². The molecule has 0 aliphatic rings. The number of halogens is 2. The zero-order valence-electron chi connectivity index (χ0n) is 10.3. The van der Waals surface area contributed by atoms with Crippen molar-refractivity contribution in [2.45, 2.75) is 24.3 Å². The second-order valence-electron chi connectivity index (χ2n) is 3.72. The van der Waals surface area contributed by atoms with E-state index < -0.39 is 15.0 Å². The van der Waals surface area contributed by atoms with Crippen LogP contribution < -0.4 is 5.32 Å². The fourth-order valence-corrected chi connectivity index (χ4v) is 3.38. The standard InChI is InChI=1S/C10H13BrClNO5S/c1-3-6(5-17-2)13-10(14)7-4-8(9(11)18-7)19(12,15)16/h4,6H,3,5H2,1-2H3,(H,13,14). The van der Waals surface area contributed by atoms with E-state index in [0.717, 1.165) is 6.07 Å². The number of carbonyl (C=O) groups excluding carboxylic acids is 1. The molecule has 0 bridgehead atoms. The topological polar surface area (TPSA) is 85.6 Å². The van der Waals surface area contributed by atoms with Crippen LogP contribution in [0.3, 0.4) is 0 Å². The molecule has 9 heteroatoms. The van der Waals surface area contributed by atoms with E-state index in [1.807, 2.05) is 6.92 Å². The minimum absolute atomic E-state index is 0.104. The van der Waals surface area contributed by atoms with Gasteiger partial charge in [-0.2, -0.15) is 0 Å². The van der Waals surface area contributed by atoms with Crippen molar-refractivity contribution in [1.29, 1.82) is 0 Å². The Balaban J connectivity index is 2.90. The highest BCUT2D eigenvalue weighted by Crippen LogP contribution is 2.28. The summed E-state index contributed by atoms with van der Waals surface area (Å²) in [6.45, 7) is 2.24. The Morgan fingerprint density at radius 2 is 2.26 bits per heavy atom. The zero-order chi connectivity index (χ0) is 14.6. The number of nitrogens with one attached hydrogen (secondary N) is 1. The summed E-state index contributed by atoms with van der Waals surface area (Å²) in [4.78, 5) is 11.6. The molecule has 0 aliphatic carbocycles. The second-order valence-corrected chi connectivity index (χ2v) is 6.98. The van der Waals surface area contributed by atoms with Crippen molar-refractivity contribution in [2.24, 2.45) is 0 Å². The lowest BCUT2D eigenvalue weighted by atomic mass is 10.2. The summed E-state index contributed by atoms with van der Waals surface area (Å²) in [5, 5.41) is 2.66. The van der Waals surface area contributed by atoms with Crippen molar-refractivity contribution in [2.75, 3.05) is 13.7 Å². The molecule has 0 spiro atoms. The molecule has 1 N–H and O–H groups in total. The van der Waals surface area contributed by atoms with Gasteiger partial charge in [0, 0.05) is 23.9 Å².